The van der Waals surface area contributed by atoms with Crippen molar-refractivity contribution in [3.63, 3.8) is 0 Å². The van der Waals surface area contributed by atoms with Crippen LogP contribution in [-0.2, 0) is 27.8 Å². The van der Waals surface area contributed by atoms with Gasteiger partial charge in [-0.15, -0.1) is 0 Å². The van der Waals surface area contributed by atoms with E-state index in [0.717, 1.165) is 43.0 Å². The fourth-order valence-corrected chi connectivity index (χ4v) is 6.56. The number of rotatable bonds is 6. The maximum Gasteiger partial charge on any atom is 0.243 e. The predicted molar refractivity (Wildman–Crippen MR) is 125 cm³/mol. The SMILES string of the molecule is O=C(CCn1ccc2cc(S(=O)(=O)N3CCCC3)ccc21)N[C@H]1CCCc2ccccc21. The van der Waals surface area contributed by atoms with Crippen LogP contribution in [0.2, 0.25) is 0 Å². The molecule has 1 aromatic heterocycles. The maximum absolute atomic E-state index is 12.8. The summed E-state index contributed by atoms with van der Waals surface area (Å²) < 4.78 is 29.3. The second-order valence-corrected chi connectivity index (χ2v) is 10.7. The highest BCUT2D eigenvalue weighted by atomic mass is 32.2. The van der Waals surface area contributed by atoms with Crippen LogP contribution in [0, 0.1) is 0 Å². The van der Waals surface area contributed by atoms with Crippen molar-refractivity contribution >= 4 is 26.8 Å². The molecule has 6 nitrogen and oxygen atoms in total. The highest BCUT2D eigenvalue weighted by molar-refractivity contribution is 7.89. The number of nitrogens with zero attached hydrogens (tertiary/aromatic N) is 2. The Hall–Kier alpha value is -2.64. The van der Waals surface area contributed by atoms with Crippen LogP contribution in [0.1, 0.15) is 49.3 Å². The Balaban J connectivity index is 1.26. The molecule has 0 radical (unpaired) electrons. The van der Waals surface area contributed by atoms with Gasteiger partial charge >= 0.3 is 0 Å². The molecule has 0 saturated carbocycles. The molecular formula is C25H29N3O3S. The number of amides is 1. The van der Waals surface area contributed by atoms with Gasteiger partial charge in [0.15, 0.2) is 0 Å². The number of aromatic nitrogens is 1. The van der Waals surface area contributed by atoms with Crippen molar-refractivity contribution < 1.29 is 13.2 Å². The zero-order chi connectivity index (χ0) is 22.1. The summed E-state index contributed by atoms with van der Waals surface area (Å²) >= 11 is 0. The molecule has 1 aliphatic heterocycles. The predicted octanol–water partition coefficient (Wildman–Crippen LogP) is 4.01. The highest BCUT2D eigenvalue weighted by Gasteiger charge is 2.27. The minimum absolute atomic E-state index is 0.0433. The largest absolute Gasteiger partial charge is 0.349 e. The van der Waals surface area contributed by atoms with Crippen LogP contribution >= 0.6 is 0 Å². The van der Waals surface area contributed by atoms with Crippen LogP contribution < -0.4 is 5.32 Å². The van der Waals surface area contributed by atoms with Gasteiger partial charge in [0.05, 0.1) is 10.9 Å². The second kappa shape index (κ2) is 8.71. The maximum atomic E-state index is 12.8. The van der Waals surface area contributed by atoms with Gasteiger partial charge in [0, 0.05) is 43.2 Å². The van der Waals surface area contributed by atoms with E-state index in [0.29, 0.717) is 31.0 Å². The molecule has 7 heteroatoms. The topological polar surface area (TPSA) is 71.4 Å². The van der Waals surface area contributed by atoms with Crippen molar-refractivity contribution in [1.29, 1.82) is 0 Å². The van der Waals surface area contributed by atoms with Gasteiger partial charge in [0.2, 0.25) is 15.9 Å². The summed E-state index contributed by atoms with van der Waals surface area (Å²) in [6.07, 6.45) is 7.30. The summed E-state index contributed by atoms with van der Waals surface area (Å²) in [6.45, 7) is 1.76. The van der Waals surface area contributed by atoms with Crippen LogP contribution in [0.15, 0.2) is 59.6 Å². The van der Waals surface area contributed by atoms with Crippen LogP contribution in [0.5, 0.6) is 0 Å². The Morgan fingerprint density at radius 2 is 1.84 bits per heavy atom. The Morgan fingerprint density at radius 1 is 1.03 bits per heavy atom. The van der Waals surface area contributed by atoms with Crippen molar-refractivity contribution in [2.45, 2.75) is 56.0 Å². The van der Waals surface area contributed by atoms with E-state index in [4.69, 9.17) is 0 Å². The molecule has 1 aliphatic carbocycles. The van der Waals surface area contributed by atoms with Gasteiger partial charge in [-0.2, -0.15) is 4.31 Å². The molecule has 1 amide bonds. The number of carbonyl (C=O) groups excluding carboxylic acids is 1. The number of hydrogen-bond acceptors (Lipinski definition) is 3. The van der Waals surface area contributed by atoms with Gasteiger partial charge in [-0.25, -0.2) is 8.42 Å². The van der Waals surface area contributed by atoms with E-state index in [2.05, 4.69) is 23.5 Å². The fraction of sp³-hybridized carbons (Fsp3) is 0.400. The van der Waals surface area contributed by atoms with Crippen LogP contribution in [0.25, 0.3) is 10.9 Å². The first-order chi connectivity index (χ1) is 15.5. The Kier molecular flexibility index (Phi) is 5.78. The van der Waals surface area contributed by atoms with E-state index in [1.54, 1.807) is 16.4 Å². The number of carbonyl (C=O) groups is 1. The number of nitrogens with one attached hydrogen (secondary N) is 1. The van der Waals surface area contributed by atoms with E-state index in [1.165, 1.54) is 11.1 Å². The van der Waals surface area contributed by atoms with Gasteiger partial charge in [0.1, 0.15) is 0 Å². The van der Waals surface area contributed by atoms with Crippen molar-refractivity contribution in [2.24, 2.45) is 0 Å². The second-order valence-electron chi connectivity index (χ2n) is 8.80. The van der Waals surface area contributed by atoms with E-state index in [1.807, 2.05) is 29.0 Å². The molecule has 3 aromatic rings. The van der Waals surface area contributed by atoms with Crippen LogP contribution in [0.4, 0.5) is 0 Å². The number of benzene rings is 2. The molecule has 0 bridgehead atoms. The number of hydrogen-bond donors (Lipinski definition) is 1. The molecule has 32 heavy (non-hydrogen) atoms. The van der Waals surface area contributed by atoms with Gasteiger partial charge in [0.25, 0.3) is 0 Å². The minimum Gasteiger partial charge on any atom is -0.349 e. The standard InChI is InChI=1S/C25H29N3O3S/c29-25(26-23-9-5-7-19-6-1-2-8-22(19)23)13-17-27-16-12-20-18-21(10-11-24(20)27)32(30,31)28-14-3-4-15-28/h1-2,6,8,10-12,16,18,23H,3-5,7,9,13-15,17H2,(H,26,29)/t23-/m0/s1. The van der Waals surface area contributed by atoms with Crippen LogP contribution in [0.3, 0.4) is 0 Å². The van der Waals surface area contributed by atoms with Gasteiger partial charge in [-0.3, -0.25) is 4.79 Å². The average Bonchev–Trinajstić information content (AvgIpc) is 3.48. The van der Waals surface area contributed by atoms with Gasteiger partial charge in [-0.05, 0) is 67.5 Å². The van der Waals surface area contributed by atoms with Gasteiger partial charge in [-0.1, -0.05) is 24.3 Å². The average molecular weight is 452 g/mol. The first kappa shape index (κ1) is 21.2. The number of fused-ring (bicyclic) bond motifs is 2. The summed E-state index contributed by atoms with van der Waals surface area (Å²) in [6, 6.07) is 15.7. The summed E-state index contributed by atoms with van der Waals surface area (Å²) in [4.78, 5) is 13.0. The zero-order valence-corrected chi connectivity index (χ0v) is 19.0. The van der Waals surface area contributed by atoms with Crippen molar-refractivity contribution in [2.75, 3.05) is 13.1 Å². The smallest absolute Gasteiger partial charge is 0.243 e. The monoisotopic (exact) mass is 451 g/mol. The Labute approximate surface area is 189 Å². The van der Waals surface area contributed by atoms with E-state index < -0.39 is 10.0 Å². The van der Waals surface area contributed by atoms with Crippen molar-refractivity contribution in [3.8, 4) is 0 Å². The molecule has 0 unspecified atom stereocenters. The summed E-state index contributed by atoms with van der Waals surface area (Å²) in [5.74, 6) is 0.0433. The number of aryl methyl sites for hydroxylation is 2. The molecule has 0 spiro atoms. The van der Waals surface area contributed by atoms with Crippen molar-refractivity contribution in [1.82, 2.24) is 14.2 Å². The fourth-order valence-electron chi connectivity index (χ4n) is 5.00. The molecule has 2 aromatic carbocycles. The van der Waals surface area contributed by atoms with E-state index in [-0.39, 0.29) is 11.9 Å². The Morgan fingerprint density at radius 3 is 2.69 bits per heavy atom. The molecular weight excluding hydrogens is 422 g/mol. The third-order valence-corrected chi connectivity index (χ3v) is 8.62. The third-order valence-electron chi connectivity index (χ3n) is 6.73. The lowest BCUT2D eigenvalue weighted by Gasteiger charge is -2.26. The molecule has 1 fully saturated rings. The molecule has 2 aliphatic rings. The zero-order valence-electron chi connectivity index (χ0n) is 18.2. The van der Waals surface area contributed by atoms with E-state index >= 15 is 0 Å². The lowest BCUT2D eigenvalue weighted by Crippen LogP contribution is -2.31. The lowest BCUT2D eigenvalue weighted by molar-refractivity contribution is -0.122. The first-order valence-corrected chi connectivity index (χ1v) is 12.9. The highest BCUT2D eigenvalue weighted by Crippen LogP contribution is 2.29. The Bertz CT molecular complexity index is 1240. The van der Waals surface area contributed by atoms with Crippen LogP contribution in [-0.4, -0.2) is 36.3 Å². The number of sulfonamides is 1. The first-order valence-electron chi connectivity index (χ1n) is 11.5. The third kappa shape index (κ3) is 4.07. The van der Waals surface area contributed by atoms with E-state index in [9.17, 15) is 13.2 Å². The summed E-state index contributed by atoms with van der Waals surface area (Å²) in [7, 11) is -3.43. The molecule has 1 N–H and O–H groups in total. The summed E-state index contributed by atoms with van der Waals surface area (Å²) in [5.41, 5.74) is 3.52. The van der Waals surface area contributed by atoms with Crippen molar-refractivity contribution in [3.05, 3.63) is 65.9 Å². The molecule has 168 valence electrons. The lowest BCUT2D eigenvalue weighted by atomic mass is 9.88. The quantitative estimate of drug-likeness (QED) is 0.616. The molecule has 1 atom stereocenters. The minimum atomic E-state index is -3.43. The summed E-state index contributed by atoms with van der Waals surface area (Å²) in [5, 5.41) is 4.09. The molecule has 2 heterocycles. The molecule has 1 saturated heterocycles. The molecule has 5 rings (SSSR count). The normalized spacial score (nSPS) is 19.2. The van der Waals surface area contributed by atoms with Gasteiger partial charge < -0.3 is 9.88 Å².